The van der Waals surface area contributed by atoms with Crippen LogP contribution >= 0.6 is 0 Å². The molecule has 2 aromatic rings. The molecule has 0 aromatic carbocycles. The van der Waals surface area contributed by atoms with Crippen molar-refractivity contribution in [3.05, 3.63) is 47.5 Å². The minimum absolute atomic E-state index is 0.262. The number of anilines is 1. The molecular formula is C20H25N3O4. The number of hydrogen-bond donors (Lipinski definition) is 2. The van der Waals surface area contributed by atoms with E-state index < -0.39 is 5.60 Å². The van der Waals surface area contributed by atoms with E-state index in [1.54, 1.807) is 12.3 Å². The van der Waals surface area contributed by atoms with Gasteiger partial charge in [0.25, 0.3) is 5.91 Å². The van der Waals surface area contributed by atoms with Crippen molar-refractivity contribution >= 4 is 11.7 Å². The van der Waals surface area contributed by atoms with Gasteiger partial charge in [0, 0.05) is 51.9 Å². The molecule has 2 saturated heterocycles. The fraction of sp³-hybridized carbons (Fsp3) is 0.500. The molecule has 2 aromatic heterocycles. The Kier molecular flexibility index (Phi) is 5.13. The number of ether oxygens (including phenoxy) is 1. The predicted octanol–water partition coefficient (Wildman–Crippen LogP) is 2.20. The summed E-state index contributed by atoms with van der Waals surface area (Å²) in [5, 5.41) is 13.7. The van der Waals surface area contributed by atoms with Crippen molar-refractivity contribution in [2.24, 2.45) is 0 Å². The third-order valence-corrected chi connectivity index (χ3v) is 5.34. The lowest BCUT2D eigenvalue weighted by Gasteiger charge is -2.30. The van der Waals surface area contributed by atoms with Gasteiger partial charge in [0.05, 0.1) is 11.8 Å². The fourth-order valence-corrected chi connectivity index (χ4v) is 3.72. The van der Waals surface area contributed by atoms with Gasteiger partial charge in [0.2, 0.25) is 0 Å². The average Bonchev–Trinajstić information content (AvgIpc) is 3.39. The van der Waals surface area contributed by atoms with Crippen molar-refractivity contribution in [2.75, 3.05) is 31.2 Å². The highest BCUT2D eigenvalue weighted by Gasteiger charge is 2.38. The lowest BCUT2D eigenvalue weighted by atomic mass is 9.89. The number of rotatable bonds is 5. The SMILES string of the molecule is O=C(NCc1ccc(N2CCCC2)nc1)c1ccoc1C1(O)CCOCC1. The van der Waals surface area contributed by atoms with Crippen molar-refractivity contribution in [3.8, 4) is 0 Å². The van der Waals surface area contributed by atoms with Crippen molar-refractivity contribution in [3.63, 3.8) is 0 Å². The van der Waals surface area contributed by atoms with Gasteiger partial charge in [-0.15, -0.1) is 0 Å². The normalized spacial score (nSPS) is 19.2. The number of nitrogens with one attached hydrogen (secondary N) is 1. The number of amides is 1. The first kappa shape index (κ1) is 18.0. The third kappa shape index (κ3) is 3.84. The molecule has 144 valence electrons. The van der Waals surface area contributed by atoms with E-state index in [2.05, 4.69) is 15.2 Å². The molecule has 2 fully saturated rings. The van der Waals surface area contributed by atoms with Crippen LogP contribution in [0.25, 0.3) is 0 Å². The quantitative estimate of drug-likeness (QED) is 0.838. The largest absolute Gasteiger partial charge is 0.465 e. The zero-order valence-corrected chi connectivity index (χ0v) is 15.3. The van der Waals surface area contributed by atoms with Gasteiger partial charge in [0.1, 0.15) is 17.2 Å². The van der Waals surface area contributed by atoms with E-state index in [1.165, 1.54) is 19.1 Å². The molecule has 2 aliphatic heterocycles. The lowest BCUT2D eigenvalue weighted by molar-refractivity contribution is -0.0804. The van der Waals surface area contributed by atoms with Gasteiger partial charge in [-0.05, 0) is 30.5 Å². The molecule has 4 heterocycles. The third-order valence-electron chi connectivity index (χ3n) is 5.34. The Balaban J connectivity index is 1.39. The Bertz CT molecular complexity index is 775. The first-order valence-corrected chi connectivity index (χ1v) is 9.52. The molecule has 7 nitrogen and oxygen atoms in total. The number of nitrogens with zero attached hydrogens (tertiary/aromatic N) is 2. The zero-order valence-electron chi connectivity index (χ0n) is 15.3. The number of furan rings is 1. The van der Waals surface area contributed by atoms with E-state index in [0.29, 0.717) is 43.9 Å². The van der Waals surface area contributed by atoms with E-state index in [0.717, 1.165) is 24.5 Å². The summed E-state index contributed by atoms with van der Waals surface area (Å²) in [7, 11) is 0. The molecule has 7 heteroatoms. The molecule has 1 amide bonds. The molecule has 0 atom stereocenters. The Morgan fingerprint density at radius 3 is 2.70 bits per heavy atom. The number of pyridine rings is 1. The lowest BCUT2D eigenvalue weighted by Crippen LogP contribution is -2.35. The van der Waals surface area contributed by atoms with Gasteiger partial charge < -0.3 is 24.5 Å². The highest BCUT2D eigenvalue weighted by molar-refractivity contribution is 5.95. The van der Waals surface area contributed by atoms with E-state index in [-0.39, 0.29) is 5.91 Å². The number of carbonyl (C=O) groups excluding carboxylic acids is 1. The minimum Gasteiger partial charge on any atom is -0.465 e. The fourth-order valence-electron chi connectivity index (χ4n) is 3.72. The average molecular weight is 371 g/mol. The maximum atomic E-state index is 12.6. The van der Waals surface area contributed by atoms with Gasteiger partial charge in [0.15, 0.2) is 0 Å². The van der Waals surface area contributed by atoms with Crippen LogP contribution in [0.15, 0.2) is 35.1 Å². The van der Waals surface area contributed by atoms with Crippen molar-refractivity contribution in [1.29, 1.82) is 0 Å². The van der Waals surface area contributed by atoms with E-state index in [4.69, 9.17) is 9.15 Å². The molecular weight excluding hydrogens is 346 g/mol. The van der Waals surface area contributed by atoms with Crippen molar-refractivity contribution in [1.82, 2.24) is 10.3 Å². The van der Waals surface area contributed by atoms with E-state index in [9.17, 15) is 9.90 Å². The second-order valence-corrected chi connectivity index (χ2v) is 7.21. The number of aromatic nitrogens is 1. The van der Waals surface area contributed by atoms with Crippen LogP contribution < -0.4 is 10.2 Å². The number of hydrogen-bond acceptors (Lipinski definition) is 6. The van der Waals surface area contributed by atoms with Crippen molar-refractivity contribution < 1.29 is 19.1 Å². The molecule has 0 spiro atoms. The zero-order chi connectivity index (χ0) is 18.7. The van der Waals surface area contributed by atoms with Gasteiger partial charge in [-0.1, -0.05) is 6.07 Å². The highest BCUT2D eigenvalue weighted by Crippen LogP contribution is 2.34. The summed E-state index contributed by atoms with van der Waals surface area (Å²) < 4.78 is 10.8. The minimum atomic E-state index is -1.15. The number of carbonyl (C=O) groups is 1. The Hall–Kier alpha value is -2.38. The molecule has 4 rings (SSSR count). The molecule has 0 saturated carbocycles. The Labute approximate surface area is 158 Å². The van der Waals surface area contributed by atoms with Crippen LogP contribution in [-0.4, -0.2) is 42.3 Å². The summed E-state index contributed by atoms with van der Waals surface area (Å²) in [6.45, 7) is 3.39. The van der Waals surface area contributed by atoms with Crippen molar-refractivity contribution in [2.45, 2.75) is 37.8 Å². The summed E-state index contributed by atoms with van der Waals surface area (Å²) in [4.78, 5) is 19.4. The van der Waals surface area contributed by atoms with Crippen LogP contribution in [0, 0.1) is 0 Å². The predicted molar refractivity (Wildman–Crippen MR) is 99.5 cm³/mol. The maximum absolute atomic E-state index is 12.6. The summed E-state index contributed by atoms with van der Waals surface area (Å²) in [5.41, 5.74) is 0.162. The van der Waals surface area contributed by atoms with Crippen LogP contribution in [0.1, 0.15) is 47.4 Å². The van der Waals surface area contributed by atoms with Gasteiger partial charge in [-0.2, -0.15) is 0 Å². The smallest absolute Gasteiger partial charge is 0.255 e. The topological polar surface area (TPSA) is 87.8 Å². The highest BCUT2D eigenvalue weighted by atomic mass is 16.5. The van der Waals surface area contributed by atoms with Gasteiger partial charge in [-0.25, -0.2) is 4.98 Å². The second kappa shape index (κ2) is 7.70. The van der Waals surface area contributed by atoms with Crippen LogP contribution in [0.4, 0.5) is 5.82 Å². The summed E-state index contributed by atoms with van der Waals surface area (Å²) >= 11 is 0. The molecule has 27 heavy (non-hydrogen) atoms. The standard InChI is InChI=1S/C20H25N3O4/c24-19(16-5-10-27-18(16)20(25)6-11-26-12-7-20)22-14-15-3-4-17(21-13-15)23-8-1-2-9-23/h3-5,10,13,25H,1-2,6-9,11-12,14H2,(H,22,24). The van der Waals surface area contributed by atoms with E-state index >= 15 is 0 Å². The monoisotopic (exact) mass is 371 g/mol. The summed E-state index contributed by atoms with van der Waals surface area (Å²) in [6.07, 6.45) is 6.52. The second-order valence-electron chi connectivity index (χ2n) is 7.21. The van der Waals surface area contributed by atoms with Crippen LogP contribution in [0.3, 0.4) is 0 Å². The first-order valence-electron chi connectivity index (χ1n) is 9.52. The molecule has 2 N–H and O–H groups in total. The van der Waals surface area contributed by atoms with E-state index in [1.807, 2.05) is 12.1 Å². The maximum Gasteiger partial charge on any atom is 0.255 e. The van der Waals surface area contributed by atoms with Gasteiger partial charge in [-0.3, -0.25) is 4.79 Å². The summed E-state index contributed by atoms with van der Waals surface area (Å²) in [5.74, 6) is 1.05. The van der Waals surface area contributed by atoms with Gasteiger partial charge >= 0.3 is 0 Å². The van der Waals surface area contributed by atoms with Crippen LogP contribution in [0.5, 0.6) is 0 Å². The van der Waals surface area contributed by atoms with Crippen LogP contribution in [0.2, 0.25) is 0 Å². The molecule has 0 aliphatic carbocycles. The Morgan fingerprint density at radius 1 is 1.22 bits per heavy atom. The first-order chi connectivity index (χ1) is 13.2. The number of aliphatic hydroxyl groups is 1. The molecule has 0 bridgehead atoms. The van der Waals surface area contributed by atoms with Crippen LogP contribution in [-0.2, 0) is 16.9 Å². The molecule has 0 unspecified atom stereocenters. The molecule has 2 aliphatic rings. The Morgan fingerprint density at radius 2 is 2.00 bits per heavy atom. The summed E-state index contributed by atoms with van der Waals surface area (Å²) in [6, 6.07) is 5.59. The molecule has 0 radical (unpaired) electrons.